The second-order valence-electron chi connectivity index (χ2n) is 5.55. The monoisotopic (exact) mass is 268 g/mol. The Labute approximate surface area is 113 Å². The van der Waals surface area contributed by atoms with Gasteiger partial charge in [-0.3, -0.25) is 11.3 Å². The van der Waals surface area contributed by atoms with Gasteiger partial charge in [-0.15, -0.1) is 0 Å². The molecule has 106 valence electrons. The molecular weight excluding hydrogens is 246 g/mol. The highest BCUT2D eigenvalue weighted by atomic mass is 19.1. The zero-order valence-electron chi connectivity index (χ0n) is 11.4. The van der Waals surface area contributed by atoms with Gasteiger partial charge >= 0.3 is 0 Å². The fourth-order valence-corrected chi connectivity index (χ4v) is 3.02. The average Bonchev–Trinajstić information content (AvgIpc) is 2.43. The van der Waals surface area contributed by atoms with Crippen LogP contribution in [0.1, 0.15) is 55.7 Å². The van der Waals surface area contributed by atoms with Crippen LogP contribution in [0.2, 0.25) is 0 Å². The average molecular weight is 268 g/mol. The number of nitrogens with one attached hydrogen (secondary N) is 1. The van der Waals surface area contributed by atoms with Gasteiger partial charge in [-0.05, 0) is 30.9 Å². The highest BCUT2D eigenvalue weighted by molar-refractivity contribution is 5.29. The zero-order valence-corrected chi connectivity index (χ0v) is 11.4. The molecule has 0 saturated heterocycles. The van der Waals surface area contributed by atoms with E-state index in [1.807, 2.05) is 0 Å². The van der Waals surface area contributed by atoms with E-state index < -0.39 is 17.7 Å². The Hall–Kier alpha value is -1.00. The van der Waals surface area contributed by atoms with E-state index in [2.05, 4.69) is 5.43 Å². The van der Waals surface area contributed by atoms with Crippen molar-refractivity contribution in [2.24, 2.45) is 11.8 Å². The lowest BCUT2D eigenvalue weighted by Gasteiger charge is -2.27. The Morgan fingerprint density at radius 2 is 1.95 bits per heavy atom. The number of aryl methyl sites for hydroxylation is 1. The fraction of sp³-hybridized carbons (Fsp3) is 0.600. The predicted molar refractivity (Wildman–Crippen MR) is 72.4 cm³/mol. The first-order valence-electron chi connectivity index (χ1n) is 7.04. The summed E-state index contributed by atoms with van der Waals surface area (Å²) in [4.78, 5) is 0. The maximum absolute atomic E-state index is 14.1. The van der Waals surface area contributed by atoms with E-state index in [1.54, 1.807) is 6.92 Å². The summed E-state index contributed by atoms with van der Waals surface area (Å²) in [7, 11) is 0. The van der Waals surface area contributed by atoms with Gasteiger partial charge in [0.1, 0.15) is 11.6 Å². The summed E-state index contributed by atoms with van der Waals surface area (Å²) in [5.74, 6) is 5.05. The molecule has 1 aromatic rings. The number of benzene rings is 1. The van der Waals surface area contributed by atoms with E-state index >= 15 is 0 Å². The topological polar surface area (TPSA) is 38.0 Å². The van der Waals surface area contributed by atoms with Crippen LogP contribution >= 0.6 is 0 Å². The van der Waals surface area contributed by atoms with Crippen LogP contribution in [-0.2, 0) is 0 Å². The summed E-state index contributed by atoms with van der Waals surface area (Å²) >= 11 is 0. The number of hydrogen-bond acceptors (Lipinski definition) is 2. The molecule has 1 atom stereocenters. The predicted octanol–water partition coefficient (Wildman–Crippen LogP) is 3.75. The normalized spacial score (nSPS) is 18.5. The SMILES string of the molecule is Cc1ccc(F)c(C(CC2CCCCC2)NN)c1F. The Balaban J connectivity index is 2.19. The minimum absolute atomic E-state index is 0.0908. The fourth-order valence-electron chi connectivity index (χ4n) is 3.02. The van der Waals surface area contributed by atoms with Crippen molar-refractivity contribution in [3.63, 3.8) is 0 Å². The van der Waals surface area contributed by atoms with Crippen molar-refractivity contribution in [2.45, 2.75) is 51.5 Å². The summed E-state index contributed by atoms with van der Waals surface area (Å²) in [6.07, 6.45) is 6.65. The van der Waals surface area contributed by atoms with Crippen molar-refractivity contribution in [2.75, 3.05) is 0 Å². The third kappa shape index (κ3) is 3.31. The van der Waals surface area contributed by atoms with Crippen molar-refractivity contribution in [1.29, 1.82) is 0 Å². The van der Waals surface area contributed by atoms with Crippen molar-refractivity contribution in [1.82, 2.24) is 5.43 Å². The molecule has 1 unspecified atom stereocenters. The minimum Gasteiger partial charge on any atom is -0.271 e. The van der Waals surface area contributed by atoms with Gasteiger partial charge in [0.25, 0.3) is 0 Å². The van der Waals surface area contributed by atoms with Crippen LogP contribution < -0.4 is 11.3 Å². The maximum atomic E-state index is 14.1. The highest BCUT2D eigenvalue weighted by Crippen LogP contribution is 2.33. The number of nitrogens with two attached hydrogens (primary N) is 1. The third-order valence-electron chi connectivity index (χ3n) is 4.16. The molecule has 0 aromatic heterocycles. The first-order chi connectivity index (χ1) is 9.13. The molecule has 1 aromatic carbocycles. The van der Waals surface area contributed by atoms with Gasteiger partial charge in [0.15, 0.2) is 0 Å². The summed E-state index contributed by atoms with van der Waals surface area (Å²) in [5, 5.41) is 0. The van der Waals surface area contributed by atoms with E-state index in [-0.39, 0.29) is 5.56 Å². The van der Waals surface area contributed by atoms with Gasteiger partial charge < -0.3 is 0 Å². The Kier molecular flexibility index (Phi) is 4.88. The molecule has 2 rings (SSSR count). The Morgan fingerprint density at radius 3 is 2.58 bits per heavy atom. The van der Waals surface area contributed by atoms with E-state index in [4.69, 9.17) is 5.84 Å². The molecule has 1 saturated carbocycles. The molecule has 0 radical (unpaired) electrons. The molecule has 1 fully saturated rings. The van der Waals surface area contributed by atoms with Gasteiger partial charge in [0.05, 0.1) is 6.04 Å². The molecule has 4 heteroatoms. The van der Waals surface area contributed by atoms with Crippen LogP contribution in [0.3, 0.4) is 0 Å². The first kappa shape index (κ1) is 14.4. The highest BCUT2D eigenvalue weighted by Gasteiger charge is 2.24. The van der Waals surface area contributed by atoms with Crippen LogP contribution in [0.25, 0.3) is 0 Å². The molecule has 0 heterocycles. The molecule has 3 N–H and O–H groups in total. The van der Waals surface area contributed by atoms with Crippen molar-refractivity contribution in [3.05, 3.63) is 34.9 Å². The van der Waals surface area contributed by atoms with Crippen LogP contribution in [0.15, 0.2) is 12.1 Å². The first-order valence-corrected chi connectivity index (χ1v) is 7.04. The maximum Gasteiger partial charge on any atom is 0.133 e. The lowest BCUT2D eigenvalue weighted by molar-refractivity contribution is 0.294. The second-order valence-corrected chi connectivity index (χ2v) is 5.55. The molecule has 0 spiro atoms. The van der Waals surface area contributed by atoms with Gasteiger partial charge in [-0.2, -0.15) is 0 Å². The third-order valence-corrected chi connectivity index (χ3v) is 4.16. The molecule has 0 amide bonds. The Bertz CT molecular complexity index is 428. The van der Waals surface area contributed by atoms with E-state index in [0.717, 1.165) is 12.8 Å². The summed E-state index contributed by atoms with van der Waals surface area (Å²) < 4.78 is 28.0. The number of rotatable bonds is 4. The van der Waals surface area contributed by atoms with Crippen LogP contribution in [0, 0.1) is 24.5 Å². The summed E-state index contributed by atoms with van der Waals surface area (Å²) in [5.41, 5.74) is 3.14. The standard InChI is InChI=1S/C15H22F2N2/c1-10-7-8-12(16)14(15(10)17)13(19-18)9-11-5-3-2-4-6-11/h7-8,11,13,19H,2-6,9,18H2,1H3. The molecule has 0 bridgehead atoms. The number of hydrogen-bond donors (Lipinski definition) is 2. The van der Waals surface area contributed by atoms with Gasteiger partial charge in [-0.1, -0.05) is 38.2 Å². The van der Waals surface area contributed by atoms with Crippen molar-refractivity contribution in [3.8, 4) is 0 Å². The number of halogens is 2. The van der Waals surface area contributed by atoms with E-state index in [9.17, 15) is 8.78 Å². The number of hydrazine groups is 1. The van der Waals surface area contributed by atoms with Gasteiger partial charge in [0, 0.05) is 5.56 Å². The lowest BCUT2D eigenvalue weighted by Crippen LogP contribution is -2.31. The van der Waals surface area contributed by atoms with Crippen LogP contribution in [0.5, 0.6) is 0 Å². The second kappa shape index (κ2) is 6.44. The van der Waals surface area contributed by atoms with Crippen molar-refractivity contribution >= 4 is 0 Å². The van der Waals surface area contributed by atoms with Crippen LogP contribution in [-0.4, -0.2) is 0 Å². The zero-order chi connectivity index (χ0) is 13.8. The smallest absolute Gasteiger partial charge is 0.133 e. The summed E-state index contributed by atoms with van der Waals surface area (Å²) in [6, 6.07) is 2.34. The molecule has 1 aliphatic rings. The van der Waals surface area contributed by atoms with Gasteiger partial charge in [-0.25, -0.2) is 8.78 Å². The molecule has 19 heavy (non-hydrogen) atoms. The quantitative estimate of drug-likeness (QED) is 0.644. The molecule has 0 aliphatic heterocycles. The molecule has 1 aliphatic carbocycles. The van der Waals surface area contributed by atoms with E-state index in [1.165, 1.54) is 31.4 Å². The minimum atomic E-state index is -0.512. The Morgan fingerprint density at radius 1 is 1.26 bits per heavy atom. The molecular formula is C15H22F2N2. The lowest BCUT2D eigenvalue weighted by atomic mass is 9.83. The van der Waals surface area contributed by atoms with Crippen molar-refractivity contribution < 1.29 is 8.78 Å². The van der Waals surface area contributed by atoms with E-state index in [0.29, 0.717) is 17.9 Å². The largest absolute Gasteiger partial charge is 0.271 e. The molecule has 2 nitrogen and oxygen atoms in total. The van der Waals surface area contributed by atoms with Crippen LogP contribution in [0.4, 0.5) is 8.78 Å². The summed E-state index contributed by atoms with van der Waals surface area (Å²) in [6.45, 7) is 1.65. The van der Waals surface area contributed by atoms with Gasteiger partial charge in [0.2, 0.25) is 0 Å².